The zero-order chi connectivity index (χ0) is 12.8. The lowest BCUT2D eigenvalue weighted by Gasteiger charge is -2.27. The van der Waals surface area contributed by atoms with E-state index in [-0.39, 0.29) is 5.91 Å². The molecule has 4 nitrogen and oxygen atoms in total. The molecule has 1 saturated heterocycles. The molecule has 0 saturated carbocycles. The second kappa shape index (κ2) is 6.52. The van der Waals surface area contributed by atoms with Crippen LogP contribution in [0, 0.1) is 0 Å². The molecule has 0 aliphatic carbocycles. The Labute approximate surface area is 108 Å². The van der Waals surface area contributed by atoms with E-state index in [0.717, 1.165) is 24.7 Å². The topological polar surface area (TPSA) is 43.8 Å². The quantitative estimate of drug-likeness (QED) is 0.654. The first-order chi connectivity index (χ1) is 8.77. The maximum atomic E-state index is 11.9. The first-order valence-electron chi connectivity index (χ1n) is 6.55. The van der Waals surface area contributed by atoms with Gasteiger partial charge in [-0.15, -0.1) is 0 Å². The minimum Gasteiger partial charge on any atom is -0.301 e. The molecule has 2 rings (SSSR count). The van der Waals surface area contributed by atoms with Crippen LogP contribution in [-0.4, -0.2) is 47.3 Å². The van der Waals surface area contributed by atoms with Crippen LogP contribution in [0.15, 0.2) is 30.3 Å². The third-order valence-electron chi connectivity index (χ3n) is 3.33. The van der Waals surface area contributed by atoms with E-state index in [1.54, 1.807) is 24.3 Å². The molecule has 1 aromatic carbocycles. The summed E-state index contributed by atoms with van der Waals surface area (Å²) in [4.78, 5) is 14.2. The molecule has 0 aromatic heterocycles. The van der Waals surface area contributed by atoms with Crippen LogP contribution < -0.4 is 0 Å². The Morgan fingerprint density at radius 3 is 2.50 bits per heavy atom. The number of amides is 1. The highest BCUT2D eigenvalue weighted by Crippen LogP contribution is 2.08. The van der Waals surface area contributed by atoms with E-state index in [1.807, 2.05) is 6.07 Å². The van der Waals surface area contributed by atoms with Crippen LogP contribution in [0.5, 0.6) is 0 Å². The molecule has 0 atom stereocenters. The van der Waals surface area contributed by atoms with E-state index >= 15 is 0 Å². The Balaban J connectivity index is 1.80. The smallest absolute Gasteiger partial charge is 0.277 e. The lowest BCUT2D eigenvalue weighted by atomic mass is 10.1. The summed E-state index contributed by atoms with van der Waals surface area (Å²) in [7, 11) is 0. The van der Waals surface area contributed by atoms with E-state index in [1.165, 1.54) is 19.3 Å². The van der Waals surface area contributed by atoms with Gasteiger partial charge in [0.1, 0.15) is 0 Å². The number of hydrogen-bond acceptors (Lipinski definition) is 3. The van der Waals surface area contributed by atoms with Crippen LogP contribution in [0.4, 0.5) is 0 Å². The number of carbonyl (C=O) groups is 1. The first kappa shape index (κ1) is 13.1. The zero-order valence-corrected chi connectivity index (χ0v) is 10.6. The molecular weight excluding hydrogens is 228 g/mol. The molecule has 18 heavy (non-hydrogen) atoms. The van der Waals surface area contributed by atoms with Gasteiger partial charge in [-0.05, 0) is 38.1 Å². The van der Waals surface area contributed by atoms with Crippen LogP contribution in [0.1, 0.15) is 29.6 Å². The summed E-state index contributed by atoms with van der Waals surface area (Å²) in [5, 5.41) is 10.6. The number of hydrogen-bond donors (Lipinski definition) is 1. The molecular formula is C14H20N2O2. The molecule has 0 radical (unpaired) electrons. The van der Waals surface area contributed by atoms with E-state index in [9.17, 15) is 10.0 Å². The molecule has 1 aliphatic rings. The summed E-state index contributed by atoms with van der Waals surface area (Å²) in [5.74, 6) is -0.326. The van der Waals surface area contributed by atoms with E-state index in [0.29, 0.717) is 12.1 Å². The molecule has 98 valence electrons. The van der Waals surface area contributed by atoms with Crippen molar-refractivity contribution in [1.82, 2.24) is 9.96 Å². The van der Waals surface area contributed by atoms with Gasteiger partial charge in [0, 0.05) is 12.1 Å². The van der Waals surface area contributed by atoms with Gasteiger partial charge in [-0.2, -0.15) is 0 Å². The largest absolute Gasteiger partial charge is 0.301 e. The number of rotatable bonds is 4. The summed E-state index contributed by atoms with van der Waals surface area (Å²) < 4.78 is 0. The standard InChI is InChI=1S/C14H20N2O2/c17-14(13-7-3-1-4-8-13)16(18)12-11-15-9-5-2-6-10-15/h1,3-4,7-8,18H,2,5-6,9-12H2. The first-order valence-corrected chi connectivity index (χ1v) is 6.55. The Bertz CT molecular complexity index is 375. The fourth-order valence-electron chi connectivity index (χ4n) is 2.25. The SMILES string of the molecule is O=C(c1ccccc1)N(O)CCN1CCCCC1. The van der Waals surface area contributed by atoms with Crippen molar-refractivity contribution in [2.24, 2.45) is 0 Å². The van der Waals surface area contributed by atoms with Crippen LogP contribution in [-0.2, 0) is 0 Å². The van der Waals surface area contributed by atoms with Gasteiger partial charge in [-0.3, -0.25) is 10.0 Å². The molecule has 1 fully saturated rings. The zero-order valence-electron chi connectivity index (χ0n) is 10.6. The number of nitrogens with zero attached hydrogens (tertiary/aromatic N) is 2. The van der Waals surface area contributed by atoms with Crippen molar-refractivity contribution in [3.8, 4) is 0 Å². The fourth-order valence-corrected chi connectivity index (χ4v) is 2.25. The third-order valence-corrected chi connectivity index (χ3v) is 3.33. The van der Waals surface area contributed by atoms with Crippen molar-refractivity contribution in [2.75, 3.05) is 26.2 Å². The second-order valence-corrected chi connectivity index (χ2v) is 4.70. The lowest BCUT2D eigenvalue weighted by molar-refractivity contribution is -0.0626. The number of hydroxylamine groups is 2. The predicted molar refractivity (Wildman–Crippen MR) is 69.6 cm³/mol. The maximum absolute atomic E-state index is 11.9. The van der Waals surface area contributed by atoms with E-state index in [2.05, 4.69) is 4.90 Å². The number of benzene rings is 1. The van der Waals surface area contributed by atoms with Crippen molar-refractivity contribution >= 4 is 5.91 Å². The molecule has 4 heteroatoms. The van der Waals surface area contributed by atoms with Gasteiger partial charge in [0.25, 0.3) is 5.91 Å². The van der Waals surface area contributed by atoms with Gasteiger partial charge in [-0.1, -0.05) is 24.6 Å². The van der Waals surface area contributed by atoms with Gasteiger partial charge in [0.05, 0.1) is 6.54 Å². The number of carbonyl (C=O) groups excluding carboxylic acids is 1. The highest BCUT2D eigenvalue weighted by molar-refractivity contribution is 5.93. The van der Waals surface area contributed by atoms with Crippen molar-refractivity contribution in [3.63, 3.8) is 0 Å². The predicted octanol–water partition coefficient (Wildman–Crippen LogP) is 2.00. The van der Waals surface area contributed by atoms with Crippen molar-refractivity contribution in [3.05, 3.63) is 35.9 Å². The highest BCUT2D eigenvalue weighted by atomic mass is 16.5. The summed E-state index contributed by atoms with van der Waals surface area (Å²) in [6, 6.07) is 8.88. The second-order valence-electron chi connectivity index (χ2n) is 4.70. The molecule has 1 aliphatic heterocycles. The van der Waals surface area contributed by atoms with E-state index in [4.69, 9.17) is 0 Å². The average molecular weight is 248 g/mol. The third kappa shape index (κ3) is 3.55. The van der Waals surface area contributed by atoms with Crippen LogP contribution in [0.25, 0.3) is 0 Å². The highest BCUT2D eigenvalue weighted by Gasteiger charge is 2.15. The number of piperidine rings is 1. The van der Waals surface area contributed by atoms with Crippen LogP contribution >= 0.6 is 0 Å². The summed E-state index contributed by atoms with van der Waals surface area (Å²) >= 11 is 0. The monoisotopic (exact) mass is 248 g/mol. The van der Waals surface area contributed by atoms with Crippen LogP contribution in [0.3, 0.4) is 0 Å². The molecule has 1 N–H and O–H groups in total. The van der Waals surface area contributed by atoms with Gasteiger partial charge in [0.2, 0.25) is 0 Å². The van der Waals surface area contributed by atoms with Gasteiger partial charge < -0.3 is 4.90 Å². The molecule has 1 heterocycles. The summed E-state index contributed by atoms with van der Waals surface area (Å²) in [6.07, 6.45) is 3.73. The Kier molecular flexibility index (Phi) is 4.73. The Morgan fingerprint density at radius 1 is 1.17 bits per heavy atom. The van der Waals surface area contributed by atoms with E-state index < -0.39 is 0 Å². The van der Waals surface area contributed by atoms with Gasteiger partial charge in [-0.25, -0.2) is 5.06 Å². The van der Waals surface area contributed by atoms with Gasteiger partial charge >= 0.3 is 0 Å². The van der Waals surface area contributed by atoms with Crippen molar-refractivity contribution in [2.45, 2.75) is 19.3 Å². The molecule has 0 bridgehead atoms. The Hall–Kier alpha value is -1.39. The fraction of sp³-hybridized carbons (Fsp3) is 0.500. The summed E-state index contributed by atoms with van der Waals surface area (Å²) in [6.45, 7) is 3.27. The lowest BCUT2D eigenvalue weighted by Crippen LogP contribution is -2.38. The number of likely N-dealkylation sites (tertiary alicyclic amines) is 1. The molecule has 0 unspecified atom stereocenters. The molecule has 0 spiro atoms. The summed E-state index contributed by atoms with van der Waals surface area (Å²) in [5.41, 5.74) is 0.527. The average Bonchev–Trinajstić information content (AvgIpc) is 2.46. The van der Waals surface area contributed by atoms with Crippen molar-refractivity contribution < 1.29 is 10.0 Å². The molecule has 1 aromatic rings. The maximum Gasteiger partial charge on any atom is 0.277 e. The van der Waals surface area contributed by atoms with Crippen LogP contribution in [0.2, 0.25) is 0 Å². The minimum absolute atomic E-state index is 0.326. The Morgan fingerprint density at radius 2 is 1.83 bits per heavy atom. The normalized spacial score (nSPS) is 16.5. The van der Waals surface area contributed by atoms with Crippen molar-refractivity contribution in [1.29, 1.82) is 0 Å². The molecule has 1 amide bonds. The minimum atomic E-state index is -0.326. The van der Waals surface area contributed by atoms with Gasteiger partial charge in [0.15, 0.2) is 0 Å².